The second kappa shape index (κ2) is 5.13. The molecule has 1 aliphatic carbocycles. The van der Waals surface area contributed by atoms with Crippen molar-refractivity contribution in [3.05, 3.63) is 36.0 Å². The van der Waals surface area contributed by atoms with Crippen molar-refractivity contribution in [2.75, 3.05) is 10.6 Å². The van der Waals surface area contributed by atoms with Crippen LogP contribution in [0.15, 0.2) is 30.5 Å². The summed E-state index contributed by atoms with van der Waals surface area (Å²) in [6, 6.07) is 6.48. The molecule has 0 atom stereocenters. The Labute approximate surface area is 124 Å². The monoisotopic (exact) mass is 304 g/mol. The fourth-order valence-corrected chi connectivity index (χ4v) is 2.53. The van der Waals surface area contributed by atoms with Crippen LogP contribution in [0.3, 0.4) is 0 Å². The van der Waals surface area contributed by atoms with E-state index in [-0.39, 0.29) is 0 Å². The minimum Gasteiger partial charge on any atom is -0.481 e. The van der Waals surface area contributed by atoms with Crippen LogP contribution in [0.2, 0.25) is 0 Å². The van der Waals surface area contributed by atoms with Crippen LogP contribution in [0, 0.1) is 0 Å². The predicted octanol–water partition coefficient (Wildman–Crippen LogP) is 2.30. The average molecular weight is 304 g/mol. The second-order valence-corrected chi connectivity index (χ2v) is 5.61. The molecule has 0 saturated heterocycles. The van der Waals surface area contributed by atoms with Gasteiger partial charge in [-0.1, -0.05) is 16.6 Å². The quantitative estimate of drug-likeness (QED) is 0.804. The Hall–Kier alpha value is -2.48. The lowest BCUT2D eigenvalue weighted by Crippen LogP contribution is -2.20. The first-order chi connectivity index (χ1) is 10.1. The highest BCUT2D eigenvalue weighted by Crippen LogP contribution is 2.48. The summed E-state index contributed by atoms with van der Waals surface area (Å²) in [5, 5.41) is 18.6. The number of hydrogen-bond donors (Lipinski definition) is 3. The summed E-state index contributed by atoms with van der Waals surface area (Å²) in [5.74, 6) is -0.793. The minimum absolute atomic E-state index is 0.395. The van der Waals surface area contributed by atoms with Crippen LogP contribution in [0.5, 0.6) is 0 Å². The fourth-order valence-electron chi connectivity index (χ4n) is 2.12. The number of urea groups is 1. The molecule has 3 rings (SSSR count). The number of hydrogen-bond acceptors (Lipinski definition) is 5. The van der Waals surface area contributed by atoms with E-state index >= 15 is 0 Å². The number of carboxylic acids is 1. The van der Waals surface area contributed by atoms with Crippen molar-refractivity contribution in [1.82, 2.24) is 9.59 Å². The highest BCUT2D eigenvalue weighted by Gasteiger charge is 2.51. The van der Waals surface area contributed by atoms with Crippen molar-refractivity contribution < 1.29 is 14.7 Å². The number of aliphatic carboxylic acids is 1. The Kier molecular flexibility index (Phi) is 3.30. The van der Waals surface area contributed by atoms with Gasteiger partial charge in [-0.2, -0.15) is 0 Å². The molecule has 0 unspecified atom stereocenters. The first-order valence-electron chi connectivity index (χ1n) is 6.29. The molecule has 21 heavy (non-hydrogen) atoms. The normalized spacial score (nSPS) is 15.2. The lowest BCUT2D eigenvalue weighted by molar-refractivity contribution is -0.140. The minimum atomic E-state index is -0.793. The van der Waals surface area contributed by atoms with E-state index in [2.05, 4.69) is 20.2 Å². The summed E-state index contributed by atoms with van der Waals surface area (Å²) in [6.07, 6.45) is 2.78. The van der Waals surface area contributed by atoms with Crippen LogP contribution < -0.4 is 10.6 Å². The van der Waals surface area contributed by atoms with Crippen molar-refractivity contribution in [3.63, 3.8) is 0 Å². The summed E-state index contributed by atoms with van der Waals surface area (Å²) in [7, 11) is 0. The molecule has 1 saturated carbocycles. The SMILES string of the molecule is O=C(Nc1ccc(C2(C(=O)O)CC2)cc1)Nc1cnns1. The van der Waals surface area contributed by atoms with E-state index in [0.29, 0.717) is 23.5 Å². The maximum absolute atomic E-state index is 11.7. The highest BCUT2D eigenvalue weighted by molar-refractivity contribution is 7.10. The summed E-state index contributed by atoms with van der Waals surface area (Å²) in [4.78, 5) is 23.0. The van der Waals surface area contributed by atoms with Gasteiger partial charge in [0.15, 0.2) is 0 Å². The van der Waals surface area contributed by atoms with Crippen molar-refractivity contribution in [3.8, 4) is 0 Å². The van der Waals surface area contributed by atoms with Gasteiger partial charge in [-0.05, 0) is 30.5 Å². The van der Waals surface area contributed by atoms with Crippen LogP contribution in [0.1, 0.15) is 18.4 Å². The summed E-state index contributed by atoms with van der Waals surface area (Å²) >= 11 is 1.08. The average Bonchev–Trinajstić information content (AvgIpc) is 3.12. The zero-order chi connectivity index (χ0) is 14.9. The Balaban J connectivity index is 1.65. The van der Waals surface area contributed by atoms with E-state index in [1.807, 2.05) is 0 Å². The zero-order valence-corrected chi connectivity index (χ0v) is 11.7. The Morgan fingerprint density at radius 1 is 1.19 bits per heavy atom. The van der Waals surface area contributed by atoms with Crippen LogP contribution in [0.4, 0.5) is 15.5 Å². The van der Waals surface area contributed by atoms with Gasteiger partial charge in [0.25, 0.3) is 0 Å². The Morgan fingerprint density at radius 3 is 2.43 bits per heavy atom. The third kappa shape index (κ3) is 2.70. The molecule has 3 N–H and O–H groups in total. The van der Waals surface area contributed by atoms with Crippen molar-refractivity contribution in [1.29, 1.82) is 0 Å². The molecule has 2 aromatic rings. The van der Waals surface area contributed by atoms with E-state index in [4.69, 9.17) is 0 Å². The first kappa shape index (κ1) is 13.5. The number of nitrogens with zero attached hydrogens (tertiary/aromatic N) is 2. The lowest BCUT2D eigenvalue weighted by Gasteiger charge is -2.11. The smallest absolute Gasteiger partial charge is 0.324 e. The molecule has 1 aromatic heterocycles. The molecule has 1 aromatic carbocycles. The summed E-state index contributed by atoms with van der Waals surface area (Å²) < 4.78 is 3.64. The number of carboxylic acid groups (broad SMARTS) is 1. The number of aromatic nitrogens is 2. The van der Waals surface area contributed by atoms with E-state index in [9.17, 15) is 14.7 Å². The number of nitrogens with one attached hydrogen (secondary N) is 2. The molecule has 0 aliphatic heterocycles. The summed E-state index contributed by atoms with van der Waals surface area (Å²) in [6.45, 7) is 0. The van der Waals surface area contributed by atoms with Crippen LogP contribution >= 0.6 is 11.5 Å². The van der Waals surface area contributed by atoms with Crippen molar-refractivity contribution in [2.45, 2.75) is 18.3 Å². The standard InChI is InChI=1S/C13H12N4O3S/c18-11(19)13(5-6-13)8-1-3-9(4-2-8)15-12(20)16-10-7-14-17-21-10/h1-4,7H,5-6H2,(H,18,19)(H2,15,16,20). The molecule has 0 spiro atoms. The molecule has 1 fully saturated rings. The van der Waals surface area contributed by atoms with Gasteiger partial charge < -0.3 is 10.4 Å². The third-order valence-electron chi connectivity index (χ3n) is 3.45. The first-order valence-corrected chi connectivity index (χ1v) is 7.07. The largest absolute Gasteiger partial charge is 0.481 e. The second-order valence-electron chi connectivity index (χ2n) is 4.83. The van der Waals surface area contributed by atoms with Gasteiger partial charge in [-0.3, -0.25) is 10.1 Å². The van der Waals surface area contributed by atoms with Gasteiger partial charge in [-0.15, -0.1) is 5.10 Å². The molecule has 1 heterocycles. The fraction of sp³-hybridized carbons (Fsp3) is 0.231. The predicted molar refractivity (Wildman–Crippen MR) is 77.5 cm³/mol. The molecular weight excluding hydrogens is 292 g/mol. The van der Waals surface area contributed by atoms with Gasteiger partial charge in [-0.25, -0.2) is 4.79 Å². The van der Waals surface area contributed by atoms with Gasteiger partial charge in [0.05, 0.1) is 11.6 Å². The van der Waals surface area contributed by atoms with E-state index in [1.165, 1.54) is 6.20 Å². The van der Waals surface area contributed by atoms with Gasteiger partial charge >= 0.3 is 12.0 Å². The van der Waals surface area contributed by atoms with Crippen LogP contribution in [-0.4, -0.2) is 26.7 Å². The molecule has 1 aliphatic rings. The molecule has 2 amide bonds. The number of anilines is 2. The topological polar surface area (TPSA) is 104 Å². The maximum Gasteiger partial charge on any atom is 0.324 e. The van der Waals surface area contributed by atoms with E-state index in [1.54, 1.807) is 24.3 Å². The summed E-state index contributed by atoms with van der Waals surface area (Å²) in [5.41, 5.74) is 0.636. The molecular formula is C13H12N4O3S. The highest BCUT2D eigenvalue weighted by atomic mass is 32.1. The van der Waals surface area contributed by atoms with Crippen molar-refractivity contribution >= 4 is 34.2 Å². The van der Waals surface area contributed by atoms with E-state index in [0.717, 1.165) is 17.1 Å². The number of rotatable bonds is 4. The van der Waals surface area contributed by atoms with Crippen LogP contribution in [-0.2, 0) is 10.2 Å². The number of benzene rings is 1. The number of amides is 2. The number of carbonyl (C=O) groups excluding carboxylic acids is 1. The lowest BCUT2D eigenvalue weighted by atomic mass is 9.96. The van der Waals surface area contributed by atoms with E-state index < -0.39 is 17.4 Å². The Bertz CT molecular complexity index is 665. The van der Waals surface area contributed by atoms with Crippen molar-refractivity contribution in [2.24, 2.45) is 0 Å². The molecule has 8 heteroatoms. The zero-order valence-electron chi connectivity index (χ0n) is 10.9. The Morgan fingerprint density at radius 2 is 1.90 bits per heavy atom. The van der Waals surface area contributed by atoms with Gasteiger partial charge in [0.1, 0.15) is 5.00 Å². The number of carbonyl (C=O) groups is 2. The van der Waals surface area contributed by atoms with Crippen LogP contribution in [0.25, 0.3) is 0 Å². The molecule has 108 valence electrons. The molecule has 0 radical (unpaired) electrons. The van der Waals surface area contributed by atoms with Gasteiger partial charge in [0.2, 0.25) is 0 Å². The third-order valence-corrected chi connectivity index (χ3v) is 4.03. The maximum atomic E-state index is 11.7. The van der Waals surface area contributed by atoms with Gasteiger partial charge in [0, 0.05) is 17.2 Å². The molecule has 0 bridgehead atoms. The molecule has 7 nitrogen and oxygen atoms in total.